The third-order valence-electron chi connectivity index (χ3n) is 6.69. The van der Waals surface area contributed by atoms with E-state index in [1.165, 1.54) is 22.8 Å². The number of carbonyl (C=O) groups excluding carboxylic acids is 1. The lowest BCUT2D eigenvalue weighted by Crippen LogP contribution is -2.23. The molecule has 0 saturated carbocycles. The van der Waals surface area contributed by atoms with Crippen molar-refractivity contribution in [2.45, 2.75) is 6.92 Å². The Bertz CT molecular complexity index is 2240. The number of hydrogen-bond acceptors (Lipinski definition) is 7. The lowest BCUT2D eigenvalue weighted by molar-refractivity contribution is -0.131. The minimum absolute atomic E-state index is 0.297. The molecule has 7 rings (SSSR count). The van der Waals surface area contributed by atoms with Crippen molar-refractivity contribution in [2.75, 3.05) is 0 Å². The van der Waals surface area contributed by atoms with Crippen LogP contribution in [-0.2, 0) is 4.79 Å². The Kier molecular flexibility index (Phi) is 6.38. The molecule has 0 bridgehead atoms. The van der Waals surface area contributed by atoms with E-state index in [9.17, 15) is 9.59 Å². The number of hydrogen-bond donors (Lipinski definition) is 0. The zero-order chi connectivity index (χ0) is 28.8. The van der Waals surface area contributed by atoms with Crippen molar-refractivity contribution in [3.8, 4) is 34.1 Å². The predicted octanol–water partition coefficient (Wildman–Crippen LogP) is 5.95. The van der Waals surface area contributed by atoms with Crippen molar-refractivity contribution in [3.63, 3.8) is 0 Å². The summed E-state index contributed by atoms with van der Waals surface area (Å²) >= 11 is 7.35. The molecule has 3 heterocycles. The number of thiazole rings is 1. The number of carbonyl (C=O) groups is 1. The van der Waals surface area contributed by atoms with E-state index in [0.717, 1.165) is 27.6 Å². The van der Waals surface area contributed by atoms with Crippen molar-refractivity contribution >= 4 is 50.7 Å². The van der Waals surface area contributed by atoms with E-state index >= 15 is 0 Å². The van der Waals surface area contributed by atoms with Gasteiger partial charge in [0.25, 0.3) is 5.56 Å². The third kappa shape index (κ3) is 4.74. The molecule has 0 amide bonds. The lowest BCUT2D eigenvalue weighted by atomic mass is 10.1. The van der Waals surface area contributed by atoms with Crippen LogP contribution < -0.4 is 14.8 Å². The van der Waals surface area contributed by atoms with Crippen LogP contribution in [0.2, 0.25) is 5.02 Å². The average molecular weight is 590 g/mol. The first-order valence-electron chi connectivity index (χ1n) is 13.0. The smallest absolute Gasteiger partial charge is 0.308 e. The first kappa shape index (κ1) is 25.8. The van der Waals surface area contributed by atoms with Crippen LogP contribution in [0.5, 0.6) is 5.75 Å². The van der Waals surface area contributed by atoms with Gasteiger partial charge in [0.2, 0.25) is 4.96 Å². The van der Waals surface area contributed by atoms with E-state index in [-0.39, 0.29) is 5.56 Å². The summed E-state index contributed by atoms with van der Waals surface area (Å²) in [6, 6.07) is 28.5. The van der Waals surface area contributed by atoms with E-state index in [0.29, 0.717) is 37.3 Å². The van der Waals surface area contributed by atoms with E-state index < -0.39 is 5.97 Å². The van der Waals surface area contributed by atoms with Gasteiger partial charge in [-0.15, -0.1) is 5.10 Å². The minimum Gasteiger partial charge on any atom is -0.426 e. The lowest BCUT2D eigenvalue weighted by Gasteiger charge is -2.08. The fraction of sp³-hybridized carbons (Fsp3) is 0.0312. The maximum Gasteiger partial charge on any atom is 0.308 e. The molecule has 0 fully saturated rings. The van der Waals surface area contributed by atoms with Crippen molar-refractivity contribution < 1.29 is 9.53 Å². The summed E-state index contributed by atoms with van der Waals surface area (Å²) in [5.41, 5.74) is 3.44. The van der Waals surface area contributed by atoms with E-state index in [1.807, 2.05) is 91.1 Å². The molecule has 0 aliphatic carbocycles. The van der Waals surface area contributed by atoms with Crippen LogP contribution in [0, 0.1) is 0 Å². The topological polar surface area (TPSA) is 91.4 Å². The summed E-state index contributed by atoms with van der Waals surface area (Å²) in [5, 5.41) is 11.8. The van der Waals surface area contributed by atoms with Gasteiger partial charge in [-0.3, -0.25) is 9.59 Å². The molecule has 10 heteroatoms. The molecule has 0 aliphatic heterocycles. The van der Waals surface area contributed by atoms with E-state index in [1.54, 1.807) is 16.8 Å². The van der Waals surface area contributed by atoms with Crippen LogP contribution in [0.15, 0.2) is 102 Å². The SMILES string of the molecule is CC(=O)Oc1cc2ccccc2cc1-c1nc2s/c(=C\c3cn(-c4ccccc4)nc3-c3ccc(Cl)cc3)c(=O)n2n1. The van der Waals surface area contributed by atoms with Crippen LogP contribution in [-0.4, -0.2) is 30.3 Å². The number of fused-ring (bicyclic) bond motifs is 2. The van der Waals surface area contributed by atoms with Gasteiger partial charge in [0.05, 0.1) is 15.8 Å². The summed E-state index contributed by atoms with van der Waals surface area (Å²) in [6.07, 6.45) is 3.69. The Morgan fingerprint density at radius 3 is 2.36 bits per heavy atom. The standard InChI is InChI=1S/C32H20ClN5O3S/c1-19(39)41-27-16-22-8-6-5-7-21(22)15-26(27)30-34-32-38(36-30)31(40)28(42-32)17-23-18-37(25-9-3-2-4-10-25)35-29(23)20-11-13-24(33)14-12-20/h2-18H,1H3/b28-17-. The molecule has 204 valence electrons. The van der Waals surface area contributed by atoms with Gasteiger partial charge < -0.3 is 4.74 Å². The van der Waals surface area contributed by atoms with Gasteiger partial charge >= 0.3 is 5.97 Å². The fourth-order valence-electron chi connectivity index (χ4n) is 4.76. The minimum atomic E-state index is -0.457. The van der Waals surface area contributed by atoms with Crippen molar-refractivity contribution in [2.24, 2.45) is 0 Å². The molecule has 0 atom stereocenters. The second-order valence-corrected chi connectivity index (χ2v) is 11.0. The molecule has 0 N–H and O–H groups in total. The summed E-state index contributed by atoms with van der Waals surface area (Å²) in [4.78, 5) is 30.4. The van der Waals surface area contributed by atoms with Gasteiger partial charge in [0.15, 0.2) is 5.82 Å². The Balaban J connectivity index is 1.35. The number of aromatic nitrogens is 5. The Hall–Kier alpha value is -5.12. The largest absolute Gasteiger partial charge is 0.426 e. The quantitative estimate of drug-likeness (QED) is 0.182. The summed E-state index contributed by atoms with van der Waals surface area (Å²) in [5.74, 6) is 0.173. The third-order valence-corrected chi connectivity index (χ3v) is 7.90. The van der Waals surface area contributed by atoms with Gasteiger partial charge in [-0.2, -0.15) is 14.6 Å². The molecular weight excluding hydrogens is 570 g/mol. The van der Waals surface area contributed by atoms with Gasteiger partial charge in [-0.05, 0) is 53.2 Å². The Morgan fingerprint density at radius 1 is 0.929 bits per heavy atom. The highest BCUT2D eigenvalue weighted by atomic mass is 35.5. The van der Waals surface area contributed by atoms with Gasteiger partial charge in [-0.25, -0.2) is 4.68 Å². The van der Waals surface area contributed by atoms with Crippen molar-refractivity contribution in [1.29, 1.82) is 0 Å². The molecule has 0 spiro atoms. The summed E-state index contributed by atoms with van der Waals surface area (Å²) < 4.78 is 9.01. The van der Waals surface area contributed by atoms with Crippen LogP contribution >= 0.6 is 22.9 Å². The monoisotopic (exact) mass is 589 g/mol. The molecule has 3 aromatic heterocycles. The predicted molar refractivity (Wildman–Crippen MR) is 164 cm³/mol. The molecule has 0 unspecified atom stereocenters. The first-order valence-corrected chi connectivity index (χ1v) is 14.2. The average Bonchev–Trinajstić information content (AvgIpc) is 3.68. The zero-order valence-electron chi connectivity index (χ0n) is 22.1. The van der Waals surface area contributed by atoms with E-state index in [2.05, 4.69) is 10.1 Å². The van der Waals surface area contributed by atoms with Gasteiger partial charge in [-0.1, -0.05) is 77.5 Å². The van der Waals surface area contributed by atoms with E-state index in [4.69, 9.17) is 21.4 Å². The molecule has 7 aromatic rings. The number of halogens is 1. The molecule has 0 radical (unpaired) electrons. The number of nitrogens with zero attached hydrogens (tertiary/aromatic N) is 5. The van der Waals surface area contributed by atoms with Crippen LogP contribution in [0.4, 0.5) is 0 Å². The molecule has 42 heavy (non-hydrogen) atoms. The molecule has 8 nitrogen and oxygen atoms in total. The number of esters is 1. The molecule has 4 aromatic carbocycles. The molecule has 0 aliphatic rings. The highest BCUT2D eigenvalue weighted by Crippen LogP contribution is 2.33. The summed E-state index contributed by atoms with van der Waals surface area (Å²) in [7, 11) is 0. The number of benzene rings is 4. The van der Waals surface area contributed by atoms with Crippen LogP contribution in [0.1, 0.15) is 12.5 Å². The Labute approximate surface area is 247 Å². The first-order chi connectivity index (χ1) is 20.4. The number of rotatable bonds is 5. The summed E-state index contributed by atoms with van der Waals surface area (Å²) in [6.45, 7) is 1.34. The Morgan fingerprint density at radius 2 is 1.64 bits per heavy atom. The highest BCUT2D eigenvalue weighted by molar-refractivity contribution is 7.15. The van der Waals surface area contributed by atoms with Gasteiger partial charge in [0.1, 0.15) is 11.4 Å². The maximum atomic E-state index is 13.5. The zero-order valence-corrected chi connectivity index (χ0v) is 23.6. The van der Waals surface area contributed by atoms with Crippen molar-refractivity contribution in [3.05, 3.63) is 123 Å². The fourth-order valence-corrected chi connectivity index (χ4v) is 5.79. The number of para-hydroxylation sites is 1. The second kappa shape index (κ2) is 10.4. The van der Waals surface area contributed by atoms with Crippen molar-refractivity contribution in [1.82, 2.24) is 24.4 Å². The number of ether oxygens (including phenoxy) is 1. The normalized spacial score (nSPS) is 11.9. The maximum absolute atomic E-state index is 13.5. The van der Waals surface area contributed by atoms with Crippen LogP contribution in [0.25, 0.3) is 50.1 Å². The highest BCUT2D eigenvalue weighted by Gasteiger charge is 2.19. The van der Waals surface area contributed by atoms with Gasteiger partial charge in [0, 0.05) is 29.3 Å². The molecular formula is C32H20ClN5O3S. The second-order valence-electron chi connectivity index (χ2n) is 9.55. The molecule has 0 saturated heterocycles. The van der Waals surface area contributed by atoms with Crippen LogP contribution in [0.3, 0.4) is 0 Å².